The number of hydrogen-bond donors (Lipinski definition) is 1. The van der Waals surface area contributed by atoms with Crippen molar-refractivity contribution >= 4 is 5.69 Å². The normalized spacial score (nSPS) is 14.5. The van der Waals surface area contributed by atoms with E-state index in [4.69, 9.17) is 10.5 Å². The number of methoxy groups -OCH3 is 1. The molecule has 0 fully saturated rings. The largest absolute Gasteiger partial charge is 0.372 e. The van der Waals surface area contributed by atoms with Gasteiger partial charge in [-0.2, -0.15) is 0 Å². The first-order chi connectivity index (χ1) is 7.44. The van der Waals surface area contributed by atoms with Crippen LogP contribution in [0.25, 0.3) is 0 Å². The molecular weight excluding hydrogens is 215 g/mol. The second-order valence-corrected chi connectivity index (χ2v) is 3.56. The van der Waals surface area contributed by atoms with Gasteiger partial charge in [0.15, 0.2) is 0 Å². The lowest BCUT2D eigenvalue weighted by Crippen LogP contribution is -2.34. The van der Waals surface area contributed by atoms with Crippen molar-refractivity contribution in [3.63, 3.8) is 0 Å². The van der Waals surface area contributed by atoms with Crippen LogP contribution in [0.4, 0.5) is 10.1 Å². The SMILES string of the molecule is COC(C)(CN)c1cc(F)ccc1[N+](=O)[O-]. The van der Waals surface area contributed by atoms with Gasteiger partial charge in [0.1, 0.15) is 11.4 Å². The number of halogens is 1. The van der Waals surface area contributed by atoms with E-state index in [0.29, 0.717) is 0 Å². The molecule has 0 heterocycles. The molecule has 2 N–H and O–H groups in total. The van der Waals surface area contributed by atoms with Crippen LogP contribution >= 0.6 is 0 Å². The van der Waals surface area contributed by atoms with Gasteiger partial charge in [-0.15, -0.1) is 0 Å². The minimum absolute atomic E-state index is 0.0216. The minimum atomic E-state index is -1.06. The fourth-order valence-electron chi connectivity index (χ4n) is 1.39. The van der Waals surface area contributed by atoms with E-state index in [1.54, 1.807) is 6.92 Å². The van der Waals surface area contributed by atoms with Crippen molar-refractivity contribution in [2.75, 3.05) is 13.7 Å². The lowest BCUT2D eigenvalue weighted by atomic mass is 9.94. The molecule has 16 heavy (non-hydrogen) atoms. The van der Waals surface area contributed by atoms with Gasteiger partial charge in [-0.3, -0.25) is 10.1 Å². The minimum Gasteiger partial charge on any atom is -0.372 e. The summed E-state index contributed by atoms with van der Waals surface area (Å²) in [6, 6.07) is 3.22. The highest BCUT2D eigenvalue weighted by Crippen LogP contribution is 2.32. The highest BCUT2D eigenvalue weighted by atomic mass is 19.1. The fraction of sp³-hybridized carbons (Fsp3) is 0.400. The number of nitro benzene ring substituents is 1. The Morgan fingerprint density at radius 2 is 2.25 bits per heavy atom. The van der Waals surface area contributed by atoms with E-state index >= 15 is 0 Å². The lowest BCUT2D eigenvalue weighted by Gasteiger charge is -2.26. The molecule has 0 spiro atoms. The van der Waals surface area contributed by atoms with E-state index in [1.807, 2.05) is 0 Å². The van der Waals surface area contributed by atoms with E-state index in [-0.39, 0.29) is 17.8 Å². The van der Waals surface area contributed by atoms with Crippen LogP contribution in [0.2, 0.25) is 0 Å². The third-order valence-electron chi connectivity index (χ3n) is 2.57. The Bertz CT molecular complexity index is 405. The molecule has 6 heteroatoms. The van der Waals surface area contributed by atoms with Crippen molar-refractivity contribution in [1.29, 1.82) is 0 Å². The molecule has 5 nitrogen and oxygen atoms in total. The molecule has 0 saturated heterocycles. The van der Waals surface area contributed by atoms with E-state index < -0.39 is 16.3 Å². The van der Waals surface area contributed by atoms with Gasteiger partial charge in [-0.1, -0.05) is 0 Å². The molecule has 1 aromatic rings. The van der Waals surface area contributed by atoms with Crippen LogP contribution in [0.1, 0.15) is 12.5 Å². The van der Waals surface area contributed by atoms with Gasteiger partial charge in [-0.25, -0.2) is 4.39 Å². The van der Waals surface area contributed by atoms with Crippen molar-refractivity contribution in [1.82, 2.24) is 0 Å². The zero-order valence-corrected chi connectivity index (χ0v) is 9.07. The summed E-state index contributed by atoms with van der Waals surface area (Å²) in [6.07, 6.45) is 0. The van der Waals surface area contributed by atoms with Crippen LogP contribution in [0.5, 0.6) is 0 Å². The summed E-state index contributed by atoms with van der Waals surface area (Å²) in [7, 11) is 1.38. The highest BCUT2D eigenvalue weighted by molar-refractivity contribution is 5.44. The molecule has 0 aliphatic rings. The molecule has 88 valence electrons. The summed E-state index contributed by atoms with van der Waals surface area (Å²) in [5, 5.41) is 10.8. The Kier molecular flexibility index (Phi) is 3.56. The van der Waals surface area contributed by atoms with Crippen molar-refractivity contribution < 1.29 is 14.1 Å². The maximum atomic E-state index is 13.1. The van der Waals surface area contributed by atoms with Crippen LogP contribution in [0.15, 0.2) is 18.2 Å². The van der Waals surface area contributed by atoms with Crippen molar-refractivity contribution in [3.8, 4) is 0 Å². The van der Waals surface area contributed by atoms with Crippen LogP contribution in [0, 0.1) is 15.9 Å². The van der Waals surface area contributed by atoms with Crippen molar-refractivity contribution in [3.05, 3.63) is 39.7 Å². The molecule has 0 bridgehead atoms. The zero-order valence-electron chi connectivity index (χ0n) is 9.07. The molecule has 0 aliphatic carbocycles. The third kappa shape index (κ3) is 2.17. The average molecular weight is 228 g/mol. The second-order valence-electron chi connectivity index (χ2n) is 3.56. The van der Waals surface area contributed by atoms with Crippen LogP contribution < -0.4 is 5.73 Å². The Labute approximate surface area is 92.2 Å². The fourth-order valence-corrected chi connectivity index (χ4v) is 1.39. The highest BCUT2D eigenvalue weighted by Gasteiger charge is 2.32. The Morgan fingerprint density at radius 3 is 2.69 bits per heavy atom. The lowest BCUT2D eigenvalue weighted by molar-refractivity contribution is -0.386. The van der Waals surface area contributed by atoms with Crippen molar-refractivity contribution in [2.45, 2.75) is 12.5 Å². The van der Waals surface area contributed by atoms with E-state index in [2.05, 4.69) is 0 Å². The molecular formula is C10H13FN2O3. The molecule has 1 unspecified atom stereocenters. The summed E-state index contributed by atoms with van der Waals surface area (Å²) in [6.45, 7) is 1.60. The summed E-state index contributed by atoms with van der Waals surface area (Å²) >= 11 is 0. The standard InChI is InChI=1S/C10H13FN2O3/c1-10(6-12,16-2)8-5-7(11)3-4-9(8)13(14)15/h3-5H,6,12H2,1-2H3. The molecule has 1 aromatic carbocycles. The van der Waals surface area contributed by atoms with Gasteiger partial charge in [0.05, 0.1) is 10.5 Å². The number of hydrogen-bond acceptors (Lipinski definition) is 4. The van der Waals surface area contributed by atoms with Crippen molar-refractivity contribution in [2.24, 2.45) is 5.73 Å². The Morgan fingerprint density at radius 1 is 1.62 bits per heavy atom. The average Bonchev–Trinajstić information content (AvgIpc) is 2.27. The van der Waals surface area contributed by atoms with Gasteiger partial charge in [-0.05, 0) is 19.1 Å². The van der Waals surface area contributed by atoms with Gasteiger partial charge in [0, 0.05) is 19.7 Å². The second kappa shape index (κ2) is 4.54. The Hall–Kier alpha value is -1.53. The molecule has 1 atom stereocenters. The first kappa shape index (κ1) is 12.5. The Balaban J connectivity index is 3.40. The predicted octanol–water partition coefficient (Wildman–Crippen LogP) is 1.55. The quantitative estimate of drug-likeness (QED) is 0.626. The first-order valence-corrected chi connectivity index (χ1v) is 4.64. The number of nitro groups is 1. The first-order valence-electron chi connectivity index (χ1n) is 4.64. The number of nitrogens with zero attached hydrogens (tertiary/aromatic N) is 1. The van der Waals surface area contributed by atoms with Crippen LogP contribution in [0.3, 0.4) is 0 Å². The molecule has 0 radical (unpaired) electrons. The smallest absolute Gasteiger partial charge is 0.275 e. The summed E-state index contributed by atoms with van der Waals surface area (Å²) in [5.41, 5.74) is 4.38. The van der Waals surface area contributed by atoms with E-state index in [9.17, 15) is 14.5 Å². The topological polar surface area (TPSA) is 78.4 Å². The molecule has 0 aromatic heterocycles. The third-order valence-corrected chi connectivity index (χ3v) is 2.57. The van der Waals surface area contributed by atoms with E-state index in [1.165, 1.54) is 7.11 Å². The number of nitrogens with two attached hydrogens (primary N) is 1. The monoisotopic (exact) mass is 228 g/mol. The number of rotatable bonds is 4. The molecule has 0 saturated carbocycles. The summed E-state index contributed by atoms with van der Waals surface area (Å²) < 4.78 is 18.2. The van der Waals surface area contributed by atoms with Gasteiger partial charge in [0.2, 0.25) is 0 Å². The maximum absolute atomic E-state index is 13.1. The van der Waals surface area contributed by atoms with Gasteiger partial charge < -0.3 is 10.5 Å². The number of ether oxygens (including phenoxy) is 1. The van der Waals surface area contributed by atoms with Gasteiger partial charge >= 0.3 is 0 Å². The predicted molar refractivity (Wildman–Crippen MR) is 56.5 cm³/mol. The zero-order chi connectivity index (χ0) is 12.3. The maximum Gasteiger partial charge on any atom is 0.275 e. The van der Waals surface area contributed by atoms with E-state index in [0.717, 1.165) is 18.2 Å². The molecule has 0 amide bonds. The molecule has 1 rings (SSSR count). The summed E-state index contributed by atoms with van der Waals surface area (Å²) in [5.74, 6) is -0.558. The van der Waals surface area contributed by atoms with Crippen LogP contribution in [-0.4, -0.2) is 18.6 Å². The van der Waals surface area contributed by atoms with Gasteiger partial charge in [0.25, 0.3) is 5.69 Å². The summed E-state index contributed by atoms with van der Waals surface area (Å²) in [4.78, 5) is 10.2. The molecule has 0 aliphatic heterocycles. The number of benzene rings is 1. The van der Waals surface area contributed by atoms with Crippen LogP contribution in [-0.2, 0) is 10.3 Å².